The van der Waals surface area contributed by atoms with Crippen LogP contribution in [0.25, 0.3) is 0 Å². The van der Waals surface area contributed by atoms with Gasteiger partial charge in [0.25, 0.3) is 0 Å². The van der Waals surface area contributed by atoms with Crippen LogP contribution in [0, 0.1) is 5.41 Å². The smallest absolute Gasteiger partial charge is 0.180 e. The molecule has 0 N–H and O–H groups in total. The Bertz CT molecular complexity index is 225. The van der Waals surface area contributed by atoms with Gasteiger partial charge < -0.3 is 4.42 Å². The minimum Gasteiger partial charge on any atom is -0.448 e. The van der Waals surface area contributed by atoms with Gasteiger partial charge >= 0.3 is 0 Å². The van der Waals surface area contributed by atoms with Crippen molar-refractivity contribution in [1.29, 1.82) is 0 Å². The van der Waals surface area contributed by atoms with E-state index in [9.17, 15) is 0 Å². The van der Waals surface area contributed by atoms with E-state index in [-0.39, 0.29) is 0 Å². The van der Waals surface area contributed by atoms with Gasteiger partial charge in [0, 0.05) is 5.92 Å². The Morgan fingerprint density at radius 2 is 2.40 bits per heavy atom. The normalized spacial score (nSPS) is 28.4. The lowest BCUT2D eigenvalue weighted by molar-refractivity contribution is 0.478. The van der Waals surface area contributed by atoms with E-state index in [1.165, 1.54) is 12.8 Å². The fourth-order valence-corrected chi connectivity index (χ4v) is 1.35. The Morgan fingerprint density at radius 3 is 2.80 bits per heavy atom. The second-order valence-corrected chi connectivity index (χ2v) is 3.65. The van der Waals surface area contributed by atoms with Gasteiger partial charge in [0.15, 0.2) is 6.39 Å². The van der Waals surface area contributed by atoms with Crippen LogP contribution in [-0.2, 0) is 0 Å². The molecular formula is C8H11NO. The lowest BCUT2D eigenvalue weighted by Gasteiger charge is -1.96. The summed E-state index contributed by atoms with van der Waals surface area (Å²) in [4.78, 5) is 3.88. The molecule has 2 rings (SSSR count). The minimum atomic E-state index is 0.458. The van der Waals surface area contributed by atoms with Crippen LogP contribution in [0.4, 0.5) is 0 Å². The third-order valence-corrected chi connectivity index (χ3v) is 2.31. The molecule has 1 fully saturated rings. The maximum absolute atomic E-state index is 5.18. The first kappa shape index (κ1) is 5.96. The van der Waals surface area contributed by atoms with Crippen LogP contribution < -0.4 is 0 Å². The van der Waals surface area contributed by atoms with Crippen molar-refractivity contribution >= 4 is 0 Å². The summed E-state index contributed by atoms with van der Waals surface area (Å²) in [6, 6.07) is 0. The third-order valence-electron chi connectivity index (χ3n) is 2.31. The predicted octanol–water partition coefficient (Wildman–Crippen LogP) is 2.19. The summed E-state index contributed by atoms with van der Waals surface area (Å²) in [6.07, 6.45) is 4.56. The molecule has 1 heterocycles. The van der Waals surface area contributed by atoms with E-state index in [1.54, 1.807) is 0 Å². The van der Waals surface area contributed by atoms with E-state index in [2.05, 4.69) is 18.8 Å². The summed E-state index contributed by atoms with van der Waals surface area (Å²) in [5, 5.41) is 0. The van der Waals surface area contributed by atoms with Crippen LogP contribution in [-0.4, -0.2) is 4.98 Å². The Kier molecular flexibility index (Phi) is 0.967. The molecule has 0 spiro atoms. The molecule has 0 amide bonds. The van der Waals surface area contributed by atoms with Crippen LogP contribution in [0.1, 0.15) is 31.9 Å². The first-order chi connectivity index (χ1) is 4.70. The zero-order valence-corrected chi connectivity index (χ0v) is 6.29. The maximum Gasteiger partial charge on any atom is 0.180 e. The van der Waals surface area contributed by atoms with Crippen molar-refractivity contribution in [2.45, 2.75) is 26.2 Å². The number of hydrogen-bond acceptors (Lipinski definition) is 2. The molecule has 1 atom stereocenters. The summed E-state index contributed by atoms with van der Waals surface area (Å²) in [5.74, 6) is 1.67. The third kappa shape index (κ3) is 0.753. The molecule has 1 saturated carbocycles. The van der Waals surface area contributed by atoms with Gasteiger partial charge in [-0.05, 0) is 11.8 Å². The first-order valence-electron chi connectivity index (χ1n) is 3.58. The van der Waals surface area contributed by atoms with Crippen LogP contribution in [0.15, 0.2) is 17.0 Å². The molecule has 2 nitrogen and oxygen atoms in total. The summed E-state index contributed by atoms with van der Waals surface area (Å²) in [7, 11) is 0. The highest BCUT2D eigenvalue weighted by Crippen LogP contribution is 2.58. The number of nitrogens with zero attached hydrogens (tertiary/aromatic N) is 1. The van der Waals surface area contributed by atoms with Crippen molar-refractivity contribution in [2.75, 3.05) is 0 Å². The van der Waals surface area contributed by atoms with E-state index in [0.717, 1.165) is 5.76 Å². The van der Waals surface area contributed by atoms with E-state index in [1.807, 2.05) is 6.20 Å². The Morgan fingerprint density at radius 1 is 1.70 bits per heavy atom. The second kappa shape index (κ2) is 1.62. The van der Waals surface area contributed by atoms with E-state index in [0.29, 0.717) is 11.3 Å². The average molecular weight is 137 g/mol. The zero-order valence-electron chi connectivity index (χ0n) is 6.29. The quantitative estimate of drug-likeness (QED) is 0.593. The van der Waals surface area contributed by atoms with Gasteiger partial charge in [-0.15, -0.1) is 0 Å². The molecule has 0 radical (unpaired) electrons. The molecule has 0 unspecified atom stereocenters. The Hall–Kier alpha value is -0.790. The van der Waals surface area contributed by atoms with E-state index >= 15 is 0 Å². The molecule has 1 aliphatic carbocycles. The monoisotopic (exact) mass is 137 g/mol. The summed E-state index contributed by atoms with van der Waals surface area (Å²) in [6.45, 7) is 4.50. The molecule has 2 heteroatoms. The van der Waals surface area contributed by atoms with Crippen molar-refractivity contribution in [3.63, 3.8) is 0 Å². The molecular weight excluding hydrogens is 126 g/mol. The number of oxazole rings is 1. The van der Waals surface area contributed by atoms with Gasteiger partial charge in [-0.25, -0.2) is 4.98 Å². The molecule has 1 aromatic heterocycles. The molecule has 10 heavy (non-hydrogen) atoms. The van der Waals surface area contributed by atoms with Crippen LogP contribution in [0.3, 0.4) is 0 Å². The summed E-state index contributed by atoms with van der Waals surface area (Å²) in [5.41, 5.74) is 0.458. The Balaban J connectivity index is 2.19. The molecule has 0 aromatic carbocycles. The first-order valence-corrected chi connectivity index (χ1v) is 3.58. The van der Waals surface area contributed by atoms with E-state index < -0.39 is 0 Å². The van der Waals surface area contributed by atoms with Gasteiger partial charge in [-0.3, -0.25) is 0 Å². The van der Waals surface area contributed by atoms with Crippen molar-refractivity contribution in [2.24, 2.45) is 5.41 Å². The van der Waals surface area contributed by atoms with Gasteiger partial charge in [-0.2, -0.15) is 0 Å². The minimum absolute atomic E-state index is 0.458. The highest BCUT2D eigenvalue weighted by Gasteiger charge is 2.48. The van der Waals surface area contributed by atoms with Crippen molar-refractivity contribution in [1.82, 2.24) is 4.98 Å². The van der Waals surface area contributed by atoms with Gasteiger partial charge in [0.1, 0.15) is 5.76 Å². The largest absolute Gasteiger partial charge is 0.448 e. The van der Waals surface area contributed by atoms with Crippen LogP contribution in [0.2, 0.25) is 0 Å². The topological polar surface area (TPSA) is 26.0 Å². The van der Waals surface area contributed by atoms with Crippen LogP contribution >= 0.6 is 0 Å². The molecule has 1 aliphatic rings. The maximum atomic E-state index is 5.18. The lowest BCUT2D eigenvalue weighted by atomic mass is 10.1. The second-order valence-electron chi connectivity index (χ2n) is 3.65. The highest BCUT2D eigenvalue weighted by atomic mass is 16.3. The standard InChI is InChI=1S/C8H11NO/c1-8(2)3-6(8)7-4-9-5-10-7/h4-6H,3H2,1-2H3/t6-/m0/s1. The molecule has 1 aromatic rings. The van der Waals surface area contributed by atoms with Crippen molar-refractivity contribution in [3.05, 3.63) is 18.4 Å². The highest BCUT2D eigenvalue weighted by molar-refractivity contribution is 5.16. The summed E-state index contributed by atoms with van der Waals surface area (Å²) < 4.78 is 5.18. The van der Waals surface area contributed by atoms with Gasteiger partial charge in [0.2, 0.25) is 0 Å². The average Bonchev–Trinajstić information content (AvgIpc) is 2.31. The fourth-order valence-electron chi connectivity index (χ4n) is 1.35. The fraction of sp³-hybridized carbons (Fsp3) is 0.625. The zero-order chi connectivity index (χ0) is 7.19. The predicted molar refractivity (Wildman–Crippen MR) is 37.6 cm³/mol. The SMILES string of the molecule is CC1(C)C[C@H]1c1cnco1. The number of rotatable bonds is 1. The molecule has 54 valence electrons. The van der Waals surface area contributed by atoms with Crippen molar-refractivity contribution in [3.8, 4) is 0 Å². The van der Waals surface area contributed by atoms with Crippen LogP contribution in [0.5, 0.6) is 0 Å². The molecule has 0 bridgehead atoms. The molecule has 0 saturated heterocycles. The van der Waals surface area contributed by atoms with Gasteiger partial charge in [-0.1, -0.05) is 13.8 Å². The number of hydrogen-bond donors (Lipinski definition) is 0. The van der Waals surface area contributed by atoms with Gasteiger partial charge in [0.05, 0.1) is 6.20 Å². The lowest BCUT2D eigenvalue weighted by Crippen LogP contribution is -1.86. The Labute approximate surface area is 60.3 Å². The van der Waals surface area contributed by atoms with Crippen molar-refractivity contribution < 1.29 is 4.42 Å². The van der Waals surface area contributed by atoms with E-state index in [4.69, 9.17) is 4.42 Å². The number of aromatic nitrogens is 1. The molecule has 0 aliphatic heterocycles. The summed E-state index contributed by atoms with van der Waals surface area (Å²) >= 11 is 0.